The average molecular weight is 1050 g/mol. The van der Waals surface area contributed by atoms with Crippen molar-refractivity contribution in [2.45, 2.75) is 152 Å². The summed E-state index contributed by atoms with van der Waals surface area (Å²) in [6.07, 6.45) is 10.2. The van der Waals surface area contributed by atoms with Crippen LogP contribution >= 0.6 is 22.7 Å². The van der Waals surface area contributed by atoms with E-state index < -0.39 is 44.0 Å². The first-order valence-electron chi connectivity index (χ1n) is 24.6. The molecule has 23 heteroatoms. The Balaban J connectivity index is 0.000000159. The van der Waals surface area contributed by atoms with Crippen LogP contribution in [0.5, 0.6) is 0 Å². The van der Waals surface area contributed by atoms with E-state index in [-0.39, 0.29) is 36.6 Å². The summed E-state index contributed by atoms with van der Waals surface area (Å²) in [6.45, 7) is 2.56. The molecule has 6 atom stereocenters. The highest BCUT2D eigenvalue weighted by Gasteiger charge is 2.44. The number of carboxylic acid groups (broad SMARTS) is 1. The van der Waals surface area contributed by atoms with Gasteiger partial charge in [-0.05, 0) is 76.0 Å². The van der Waals surface area contributed by atoms with Gasteiger partial charge in [0.05, 0.1) is 36.6 Å². The number of carbonyl (C=O) groups excluding carboxylic acids is 1. The lowest BCUT2D eigenvalue weighted by atomic mass is 9.80. The molecule has 5 N–H and O–H groups in total. The Labute approximate surface area is 416 Å². The summed E-state index contributed by atoms with van der Waals surface area (Å²) in [5.41, 5.74) is 2.76. The summed E-state index contributed by atoms with van der Waals surface area (Å²) in [5.74, 6) is 0.0676. The highest BCUT2D eigenvalue weighted by atomic mass is 32.1. The molecule has 71 heavy (non-hydrogen) atoms. The molecule has 3 aliphatic carbocycles. The summed E-state index contributed by atoms with van der Waals surface area (Å²) in [5, 5.41) is 32.2. The number of piperidine rings is 1. The van der Waals surface area contributed by atoms with Crippen LogP contribution in [-0.2, 0) is 0 Å². The number of aromatic nitrogens is 4. The lowest BCUT2D eigenvalue weighted by Gasteiger charge is -2.50. The molecule has 6 aliphatic rings. The van der Waals surface area contributed by atoms with E-state index >= 15 is 0 Å². The molecule has 3 aliphatic heterocycles. The normalized spacial score (nSPS) is 24.9. The van der Waals surface area contributed by atoms with E-state index in [1.807, 2.05) is 11.4 Å². The Kier molecular flexibility index (Phi) is 20.8. The Hall–Kier alpha value is -4.03. The molecule has 0 spiro atoms. The number of aromatic amines is 2. The molecule has 12 nitrogen and oxygen atoms in total. The second-order valence-electron chi connectivity index (χ2n) is 18.9. The molecular weight excluding hydrogens is 986 g/mol. The predicted octanol–water partition coefficient (Wildman–Crippen LogP) is 11.3. The molecule has 3 saturated heterocycles. The Bertz CT molecular complexity index is 2160. The van der Waals surface area contributed by atoms with Crippen molar-refractivity contribution in [3.63, 3.8) is 0 Å². The number of alkyl halides is 9. The van der Waals surface area contributed by atoms with Gasteiger partial charge in [-0.2, -0.15) is 49.7 Å². The number of hydrogen-bond acceptors (Lipinski definition) is 10. The summed E-state index contributed by atoms with van der Waals surface area (Å²) in [7, 11) is 0. The fourth-order valence-electron chi connectivity index (χ4n) is 10.5. The third-order valence-electron chi connectivity index (χ3n) is 13.9. The Morgan fingerprint density at radius 1 is 0.620 bits per heavy atom. The Morgan fingerprint density at radius 3 is 1.65 bits per heavy atom. The van der Waals surface area contributed by atoms with Crippen molar-refractivity contribution < 1.29 is 54.2 Å². The number of nitrogens with one attached hydrogen (secondary N) is 4. The maximum atomic E-state index is 13.1. The van der Waals surface area contributed by atoms with Crippen LogP contribution in [0, 0.1) is 5.92 Å². The van der Waals surface area contributed by atoms with Gasteiger partial charge in [-0.3, -0.25) is 24.8 Å². The number of thiophene rings is 2. The number of hydrogen-bond donors (Lipinski definition) is 5. The van der Waals surface area contributed by atoms with Crippen LogP contribution in [-0.4, -0.2) is 147 Å². The molecule has 3 saturated carbocycles. The number of halogens is 9. The number of H-pyrrole nitrogens is 2. The number of amides is 1. The van der Waals surface area contributed by atoms with Crippen molar-refractivity contribution in [2.75, 3.05) is 45.8 Å². The molecule has 10 rings (SSSR count). The van der Waals surface area contributed by atoms with Crippen molar-refractivity contribution in [2.24, 2.45) is 5.92 Å². The van der Waals surface area contributed by atoms with Crippen LogP contribution in [0.4, 0.5) is 39.5 Å². The van der Waals surface area contributed by atoms with Crippen molar-refractivity contribution >= 4 is 34.6 Å². The van der Waals surface area contributed by atoms with Gasteiger partial charge < -0.3 is 20.6 Å². The minimum atomic E-state index is -4.21. The summed E-state index contributed by atoms with van der Waals surface area (Å²) < 4.78 is 108. The van der Waals surface area contributed by atoms with E-state index in [0.717, 1.165) is 84.7 Å². The molecule has 6 fully saturated rings. The van der Waals surface area contributed by atoms with Crippen molar-refractivity contribution in [1.82, 2.24) is 45.7 Å². The molecule has 7 heterocycles. The molecule has 0 bridgehead atoms. The van der Waals surface area contributed by atoms with E-state index in [2.05, 4.69) is 31.0 Å². The lowest BCUT2D eigenvalue weighted by Crippen LogP contribution is -2.63. The average Bonchev–Trinajstić information content (AvgIpc) is 4.20. The number of aromatic carboxylic acids is 1. The smallest absolute Gasteiger partial charge is 0.401 e. The molecule has 4 aromatic rings. The van der Waals surface area contributed by atoms with Gasteiger partial charge in [-0.25, -0.2) is 4.79 Å². The minimum Gasteiger partial charge on any atom is -0.478 e. The van der Waals surface area contributed by atoms with E-state index in [1.165, 1.54) is 72.6 Å². The quantitative estimate of drug-likeness (QED) is 0.119. The SMILES string of the molecule is C1CCC2NCCCC2C1.CCC(F)(F)F.FC(F)(F)CN1CCNC2CCCCC21.O=C(O)c1csc(-c2cn[nH]c2)c1.O=C(c1csc(-c2cn[nH]c2)c1)N1CCN(CC(F)(F)F)C2CCCCC21. The second-order valence-corrected chi connectivity index (χ2v) is 20.7. The number of rotatable bonds is 6. The minimum absolute atomic E-state index is 0.0791. The standard InChI is InChI=1S/C18H21F3N4OS.C10H17F3N2.C9H17N.C8H6N2O2S.C3H5F3/c19-18(20,21)11-24-5-6-25(15-4-2-1-3-14(15)24)17(26)12-7-16(27-10-12)13-8-22-23-9-13;11-10(12,13)7-15-6-5-14-8-3-1-2-4-9(8)15;1-2-6-9-8(4-1)5-3-7-10-9;11-8(12)5-1-7(13-4-5)6-2-9-10-3-6;1-2-3(4,5)6/h7-10,14-15H,1-6,11H2,(H,22,23);8-9,14H,1-7H2;8-10H,1-7H2;1-4H,(H,9,10)(H,11,12);2H2,1H3. The number of nitrogens with zero attached hydrogens (tertiary/aromatic N) is 5. The van der Waals surface area contributed by atoms with Gasteiger partial charge in [0.25, 0.3) is 5.91 Å². The molecule has 396 valence electrons. The zero-order valence-corrected chi connectivity index (χ0v) is 41.5. The zero-order valence-electron chi connectivity index (χ0n) is 39.9. The van der Waals surface area contributed by atoms with E-state index in [4.69, 9.17) is 5.11 Å². The fourth-order valence-corrected chi connectivity index (χ4v) is 12.2. The first-order valence-corrected chi connectivity index (χ1v) is 26.4. The largest absolute Gasteiger partial charge is 0.478 e. The number of fused-ring (bicyclic) bond motifs is 3. The van der Waals surface area contributed by atoms with Gasteiger partial charge >= 0.3 is 24.5 Å². The van der Waals surface area contributed by atoms with Gasteiger partial charge in [0.15, 0.2) is 0 Å². The van der Waals surface area contributed by atoms with Crippen LogP contribution in [0.1, 0.15) is 124 Å². The molecule has 0 radical (unpaired) electrons. The lowest BCUT2D eigenvalue weighted by molar-refractivity contribution is -0.160. The number of piperazine rings is 2. The van der Waals surface area contributed by atoms with E-state index in [0.29, 0.717) is 37.2 Å². The summed E-state index contributed by atoms with van der Waals surface area (Å²) in [6, 6.07) is 4.44. The zero-order chi connectivity index (χ0) is 51.2. The highest BCUT2D eigenvalue weighted by Crippen LogP contribution is 2.36. The van der Waals surface area contributed by atoms with Crippen LogP contribution in [0.25, 0.3) is 20.9 Å². The molecule has 0 aromatic carbocycles. The Morgan fingerprint density at radius 2 is 1.11 bits per heavy atom. The van der Waals surface area contributed by atoms with E-state index in [9.17, 15) is 49.1 Å². The van der Waals surface area contributed by atoms with Gasteiger partial charge in [-0.1, -0.05) is 45.4 Å². The highest BCUT2D eigenvalue weighted by molar-refractivity contribution is 7.14. The van der Waals surface area contributed by atoms with E-state index in [1.54, 1.807) is 46.0 Å². The third-order valence-corrected chi connectivity index (χ3v) is 15.9. The number of carbonyl (C=O) groups is 2. The number of carboxylic acids is 1. The molecule has 1 amide bonds. The monoisotopic (exact) mass is 1050 g/mol. The summed E-state index contributed by atoms with van der Waals surface area (Å²) in [4.78, 5) is 30.5. The maximum Gasteiger partial charge on any atom is 0.401 e. The van der Waals surface area contributed by atoms with Crippen molar-refractivity contribution in [3.05, 3.63) is 58.8 Å². The fraction of sp³-hybridized carbons (Fsp3) is 0.667. The molecule has 4 aromatic heterocycles. The first-order chi connectivity index (χ1) is 33.8. The topological polar surface area (TPSA) is 146 Å². The molecular formula is C48H66F9N9O3S2. The van der Waals surface area contributed by atoms with Crippen molar-refractivity contribution in [3.8, 4) is 20.9 Å². The van der Waals surface area contributed by atoms with Gasteiger partial charge in [-0.15, -0.1) is 22.7 Å². The van der Waals surface area contributed by atoms with Crippen molar-refractivity contribution in [1.29, 1.82) is 0 Å². The first kappa shape index (κ1) is 56.3. The maximum absolute atomic E-state index is 13.1. The second kappa shape index (κ2) is 26.3. The van der Waals surface area contributed by atoms with Crippen LogP contribution < -0.4 is 10.6 Å². The predicted molar refractivity (Wildman–Crippen MR) is 256 cm³/mol. The van der Waals surface area contributed by atoms with Crippen LogP contribution in [0.2, 0.25) is 0 Å². The van der Waals surface area contributed by atoms with Crippen LogP contribution in [0.15, 0.2) is 47.7 Å². The van der Waals surface area contributed by atoms with Gasteiger partial charge in [0, 0.05) is 107 Å². The van der Waals surface area contributed by atoms with Gasteiger partial charge in [0.2, 0.25) is 0 Å². The summed E-state index contributed by atoms with van der Waals surface area (Å²) >= 11 is 2.87. The molecule has 6 unspecified atom stereocenters. The third kappa shape index (κ3) is 17.6. The van der Waals surface area contributed by atoms with Gasteiger partial charge in [0.1, 0.15) is 0 Å². The van der Waals surface area contributed by atoms with Crippen LogP contribution in [0.3, 0.4) is 0 Å².